The van der Waals surface area contributed by atoms with Crippen LogP contribution in [0.1, 0.15) is 43.2 Å². The van der Waals surface area contributed by atoms with Gasteiger partial charge in [0.15, 0.2) is 17.3 Å². The van der Waals surface area contributed by atoms with Gasteiger partial charge in [-0.25, -0.2) is 4.79 Å². The van der Waals surface area contributed by atoms with Crippen LogP contribution < -0.4 is 19.5 Å². The number of rotatable bonds is 7. The van der Waals surface area contributed by atoms with Crippen molar-refractivity contribution in [1.29, 1.82) is 0 Å². The number of methoxy groups -OCH3 is 3. The van der Waals surface area contributed by atoms with E-state index in [-0.39, 0.29) is 12.4 Å². The maximum atomic E-state index is 13.5. The molecule has 0 amide bonds. The Balaban J connectivity index is 1.83. The molecule has 0 fully saturated rings. The standard InChI is InChI=1S/C27H29NO6/c1-16-22(27(30)34-15-17-9-6-5-7-10-17)23(24-19(28-16)11-8-12-20(24)29)18-13-14-21(31-2)26(33-4)25(18)32-3/h5-7,9-10,13-14,23,28H,8,11-12,15H2,1-4H3/t23-/m0/s1. The molecule has 1 aliphatic carbocycles. The highest BCUT2D eigenvalue weighted by Crippen LogP contribution is 2.50. The number of ketones is 1. The van der Waals surface area contributed by atoms with Crippen molar-refractivity contribution in [3.63, 3.8) is 0 Å². The molecule has 2 aliphatic rings. The fourth-order valence-electron chi connectivity index (χ4n) is 4.72. The van der Waals surface area contributed by atoms with E-state index in [0.29, 0.717) is 46.1 Å². The number of hydrogen-bond acceptors (Lipinski definition) is 7. The third kappa shape index (κ3) is 4.25. The quantitative estimate of drug-likeness (QED) is 0.609. The second-order valence-electron chi connectivity index (χ2n) is 8.25. The third-order valence-electron chi connectivity index (χ3n) is 6.25. The molecule has 1 N–H and O–H groups in total. The van der Waals surface area contributed by atoms with Crippen LogP contribution >= 0.6 is 0 Å². The Labute approximate surface area is 199 Å². The summed E-state index contributed by atoms with van der Waals surface area (Å²) in [4.78, 5) is 26.6. The van der Waals surface area contributed by atoms with Gasteiger partial charge in [-0.05, 0) is 31.4 Å². The molecule has 34 heavy (non-hydrogen) atoms. The number of esters is 1. The molecule has 2 aromatic carbocycles. The molecule has 178 valence electrons. The van der Waals surface area contributed by atoms with Crippen molar-refractivity contribution in [1.82, 2.24) is 5.32 Å². The molecule has 0 saturated carbocycles. The predicted molar refractivity (Wildman–Crippen MR) is 127 cm³/mol. The van der Waals surface area contributed by atoms with Crippen LogP contribution in [0.5, 0.6) is 17.2 Å². The SMILES string of the molecule is COc1ccc([C@H]2C(C(=O)OCc3ccccc3)=C(C)NC3=C2C(=O)CCC3)c(OC)c1OC. The summed E-state index contributed by atoms with van der Waals surface area (Å²) in [5, 5.41) is 3.31. The number of Topliss-reactive ketones (excluding diaryl/α,β-unsaturated/α-hetero) is 1. The Bertz CT molecular complexity index is 1170. The summed E-state index contributed by atoms with van der Waals surface area (Å²) in [7, 11) is 4.60. The first-order chi connectivity index (χ1) is 16.5. The fourth-order valence-corrected chi connectivity index (χ4v) is 4.72. The lowest BCUT2D eigenvalue weighted by Gasteiger charge is -2.35. The van der Waals surface area contributed by atoms with E-state index in [1.54, 1.807) is 13.2 Å². The van der Waals surface area contributed by atoms with Gasteiger partial charge >= 0.3 is 5.97 Å². The van der Waals surface area contributed by atoms with E-state index in [1.807, 2.05) is 43.3 Å². The Kier molecular flexibility index (Phi) is 6.91. The Hall–Kier alpha value is -3.74. The van der Waals surface area contributed by atoms with Gasteiger partial charge in [0.1, 0.15) is 6.61 Å². The van der Waals surface area contributed by atoms with Crippen LogP contribution in [0, 0.1) is 0 Å². The zero-order chi connectivity index (χ0) is 24.2. The summed E-state index contributed by atoms with van der Waals surface area (Å²) in [5.74, 6) is 0.190. The largest absolute Gasteiger partial charge is 0.493 e. The highest BCUT2D eigenvalue weighted by atomic mass is 16.5. The second kappa shape index (κ2) is 10.0. The molecular weight excluding hydrogens is 434 g/mol. The molecule has 1 atom stereocenters. The van der Waals surface area contributed by atoms with Crippen molar-refractivity contribution in [2.45, 2.75) is 38.7 Å². The number of allylic oxidation sites excluding steroid dienone is 3. The third-order valence-corrected chi connectivity index (χ3v) is 6.25. The summed E-state index contributed by atoms with van der Waals surface area (Å²) in [5.41, 5.74) is 4.00. The summed E-state index contributed by atoms with van der Waals surface area (Å²) in [6.07, 6.45) is 1.93. The average molecular weight is 464 g/mol. The lowest BCUT2D eigenvalue weighted by atomic mass is 9.75. The normalized spacial score (nSPS) is 17.6. The van der Waals surface area contributed by atoms with Crippen LogP contribution in [0.2, 0.25) is 0 Å². The zero-order valence-corrected chi connectivity index (χ0v) is 19.9. The second-order valence-corrected chi connectivity index (χ2v) is 8.25. The van der Waals surface area contributed by atoms with Gasteiger partial charge in [-0.1, -0.05) is 36.4 Å². The summed E-state index contributed by atoms with van der Waals surface area (Å²) < 4.78 is 22.5. The van der Waals surface area contributed by atoms with Crippen molar-refractivity contribution in [3.05, 3.63) is 76.1 Å². The Morgan fingerprint density at radius 1 is 0.971 bits per heavy atom. The molecule has 0 saturated heterocycles. The van der Waals surface area contributed by atoms with Crippen LogP contribution in [0.25, 0.3) is 0 Å². The van der Waals surface area contributed by atoms with E-state index in [9.17, 15) is 9.59 Å². The molecule has 0 aromatic heterocycles. The number of benzene rings is 2. The number of carbonyl (C=O) groups excluding carboxylic acids is 2. The average Bonchev–Trinajstić information content (AvgIpc) is 2.86. The van der Waals surface area contributed by atoms with Crippen LogP contribution in [0.3, 0.4) is 0 Å². The Morgan fingerprint density at radius 3 is 2.38 bits per heavy atom. The molecule has 0 bridgehead atoms. The number of ether oxygens (including phenoxy) is 4. The van der Waals surface area contributed by atoms with Gasteiger partial charge in [-0.3, -0.25) is 4.79 Å². The van der Waals surface area contributed by atoms with Gasteiger partial charge in [-0.15, -0.1) is 0 Å². The smallest absolute Gasteiger partial charge is 0.337 e. The molecule has 1 heterocycles. The first kappa shape index (κ1) is 23.4. The van der Waals surface area contributed by atoms with E-state index in [0.717, 1.165) is 24.1 Å². The van der Waals surface area contributed by atoms with E-state index >= 15 is 0 Å². The van der Waals surface area contributed by atoms with Crippen LogP contribution in [-0.2, 0) is 20.9 Å². The minimum absolute atomic E-state index is 0.0106. The van der Waals surface area contributed by atoms with Crippen LogP contribution in [-0.4, -0.2) is 33.1 Å². The summed E-state index contributed by atoms with van der Waals surface area (Å²) in [6.45, 7) is 1.97. The molecule has 0 unspecified atom stereocenters. The van der Waals surface area contributed by atoms with Crippen molar-refractivity contribution in [2.24, 2.45) is 0 Å². The maximum absolute atomic E-state index is 13.5. The minimum atomic E-state index is -0.651. The summed E-state index contributed by atoms with van der Waals surface area (Å²) >= 11 is 0. The zero-order valence-electron chi connectivity index (χ0n) is 19.9. The Morgan fingerprint density at radius 2 is 1.71 bits per heavy atom. The molecule has 2 aromatic rings. The highest BCUT2D eigenvalue weighted by Gasteiger charge is 2.41. The fraction of sp³-hybridized carbons (Fsp3) is 0.333. The number of hydrogen-bond donors (Lipinski definition) is 1. The van der Waals surface area contributed by atoms with Gasteiger partial charge in [0, 0.05) is 29.0 Å². The number of nitrogens with one attached hydrogen (secondary N) is 1. The number of carbonyl (C=O) groups is 2. The van der Waals surface area contributed by atoms with Gasteiger partial charge in [0.2, 0.25) is 5.75 Å². The first-order valence-electron chi connectivity index (χ1n) is 11.2. The van der Waals surface area contributed by atoms with E-state index in [1.165, 1.54) is 14.2 Å². The predicted octanol–water partition coefficient (Wildman–Crippen LogP) is 4.42. The number of dihydropyridines is 1. The van der Waals surface area contributed by atoms with E-state index in [2.05, 4.69) is 5.32 Å². The van der Waals surface area contributed by atoms with Gasteiger partial charge in [0.25, 0.3) is 0 Å². The molecular formula is C27H29NO6. The first-order valence-corrected chi connectivity index (χ1v) is 11.2. The van der Waals surface area contributed by atoms with Crippen LogP contribution in [0.15, 0.2) is 65.0 Å². The van der Waals surface area contributed by atoms with E-state index in [4.69, 9.17) is 18.9 Å². The molecule has 0 spiro atoms. The summed E-state index contributed by atoms with van der Waals surface area (Å²) in [6, 6.07) is 13.1. The topological polar surface area (TPSA) is 83.1 Å². The van der Waals surface area contributed by atoms with Gasteiger partial charge < -0.3 is 24.3 Å². The lowest BCUT2D eigenvalue weighted by Crippen LogP contribution is -2.34. The molecule has 1 aliphatic heterocycles. The molecule has 0 radical (unpaired) electrons. The van der Waals surface area contributed by atoms with Gasteiger partial charge in [-0.2, -0.15) is 0 Å². The van der Waals surface area contributed by atoms with Crippen LogP contribution in [0.4, 0.5) is 0 Å². The molecule has 4 rings (SSSR count). The molecule has 7 heteroatoms. The van der Waals surface area contributed by atoms with Crippen molar-refractivity contribution < 1.29 is 28.5 Å². The lowest BCUT2D eigenvalue weighted by molar-refractivity contribution is -0.140. The maximum Gasteiger partial charge on any atom is 0.337 e. The molecule has 7 nitrogen and oxygen atoms in total. The highest BCUT2D eigenvalue weighted by molar-refractivity contribution is 6.04. The van der Waals surface area contributed by atoms with Crippen molar-refractivity contribution in [2.75, 3.05) is 21.3 Å². The minimum Gasteiger partial charge on any atom is -0.493 e. The van der Waals surface area contributed by atoms with Gasteiger partial charge in [0.05, 0.1) is 32.8 Å². The van der Waals surface area contributed by atoms with Crippen molar-refractivity contribution >= 4 is 11.8 Å². The van der Waals surface area contributed by atoms with E-state index < -0.39 is 11.9 Å². The monoisotopic (exact) mass is 463 g/mol. The van der Waals surface area contributed by atoms with Crippen molar-refractivity contribution in [3.8, 4) is 17.2 Å².